The van der Waals surface area contributed by atoms with Crippen LogP contribution in [-0.2, 0) is 12.7 Å². The molecule has 2 rings (SSSR count). The highest BCUT2D eigenvalue weighted by atomic mass is 19.4. The van der Waals surface area contributed by atoms with E-state index in [-0.39, 0.29) is 0 Å². The van der Waals surface area contributed by atoms with Crippen LogP contribution in [0.5, 0.6) is 0 Å². The lowest BCUT2D eigenvalue weighted by Crippen LogP contribution is -2.08. The van der Waals surface area contributed by atoms with Crippen molar-refractivity contribution in [2.75, 3.05) is 0 Å². The Kier molecular flexibility index (Phi) is 2.46. The molecule has 1 fully saturated rings. The van der Waals surface area contributed by atoms with Gasteiger partial charge < -0.3 is 5.73 Å². The fourth-order valence-corrected chi connectivity index (χ4v) is 1.73. The molecule has 0 saturated heterocycles. The molecule has 1 aromatic carbocycles. The minimum atomic E-state index is -4.25. The molecular formula is C11H12F3N. The second kappa shape index (κ2) is 3.52. The van der Waals surface area contributed by atoms with Gasteiger partial charge in [-0.1, -0.05) is 6.07 Å². The Morgan fingerprint density at radius 3 is 2.40 bits per heavy atom. The SMILES string of the molecule is NCc1ccc(C(F)(F)F)cc1C1CC1. The van der Waals surface area contributed by atoms with Crippen molar-refractivity contribution in [3.05, 3.63) is 34.9 Å². The minimum absolute atomic E-state index is 0.297. The monoisotopic (exact) mass is 215 g/mol. The highest BCUT2D eigenvalue weighted by Crippen LogP contribution is 2.43. The maximum atomic E-state index is 12.5. The van der Waals surface area contributed by atoms with Gasteiger partial charge in [0.15, 0.2) is 0 Å². The van der Waals surface area contributed by atoms with Crippen molar-refractivity contribution in [1.82, 2.24) is 0 Å². The minimum Gasteiger partial charge on any atom is -0.326 e. The number of hydrogen-bond donors (Lipinski definition) is 1. The normalized spacial score (nSPS) is 16.8. The van der Waals surface area contributed by atoms with Crippen LogP contribution < -0.4 is 5.73 Å². The fraction of sp³-hybridized carbons (Fsp3) is 0.455. The van der Waals surface area contributed by atoms with Crippen LogP contribution in [0.3, 0.4) is 0 Å². The number of alkyl halides is 3. The topological polar surface area (TPSA) is 26.0 Å². The number of rotatable bonds is 2. The molecule has 0 heterocycles. The molecule has 0 radical (unpaired) electrons. The molecule has 0 bridgehead atoms. The van der Waals surface area contributed by atoms with Crippen molar-refractivity contribution in [3.8, 4) is 0 Å². The van der Waals surface area contributed by atoms with Crippen LogP contribution >= 0.6 is 0 Å². The van der Waals surface area contributed by atoms with Crippen molar-refractivity contribution in [3.63, 3.8) is 0 Å². The lowest BCUT2D eigenvalue weighted by Gasteiger charge is -2.11. The molecule has 0 aliphatic heterocycles. The molecule has 2 N–H and O–H groups in total. The van der Waals surface area contributed by atoms with Crippen LogP contribution in [0.15, 0.2) is 18.2 Å². The standard InChI is InChI=1S/C11H12F3N/c12-11(13,14)9-4-3-8(6-15)10(5-9)7-1-2-7/h3-5,7H,1-2,6,15H2. The Bertz CT molecular complexity index is 367. The fourth-order valence-electron chi connectivity index (χ4n) is 1.73. The Morgan fingerprint density at radius 1 is 1.27 bits per heavy atom. The van der Waals surface area contributed by atoms with Crippen LogP contribution in [0.25, 0.3) is 0 Å². The van der Waals surface area contributed by atoms with Gasteiger partial charge in [0.1, 0.15) is 0 Å². The summed E-state index contributed by atoms with van der Waals surface area (Å²) in [6, 6.07) is 3.85. The Balaban J connectivity index is 2.40. The summed E-state index contributed by atoms with van der Waals surface area (Å²) in [5.41, 5.74) is 6.55. The molecule has 1 aromatic rings. The van der Waals surface area contributed by atoms with Gasteiger partial charge in [-0.05, 0) is 42.0 Å². The average Bonchev–Trinajstić information content (AvgIpc) is 2.98. The van der Waals surface area contributed by atoms with Gasteiger partial charge in [-0.25, -0.2) is 0 Å². The molecule has 15 heavy (non-hydrogen) atoms. The van der Waals surface area contributed by atoms with E-state index in [2.05, 4.69) is 0 Å². The van der Waals surface area contributed by atoms with E-state index >= 15 is 0 Å². The Morgan fingerprint density at radius 2 is 1.93 bits per heavy atom. The molecule has 0 spiro atoms. The van der Waals surface area contributed by atoms with Gasteiger partial charge in [-0.2, -0.15) is 13.2 Å². The molecule has 1 saturated carbocycles. The largest absolute Gasteiger partial charge is 0.416 e. The van der Waals surface area contributed by atoms with E-state index in [1.165, 1.54) is 12.1 Å². The number of nitrogens with two attached hydrogens (primary N) is 1. The van der Waals surface area contributed by atoms with E-state index in [1.54, 1.807) is 0 Å². The Hall–Kier alpha value is -1.03. The number of benzene rings is 1. The van der Waals surface area contributed by atoms with Crippen LogP contribution in [-0.4, -0.2) is 0 Å². The summed E-state index contributed by atoms with van der Waals surface area (Å²) in [5.74, 6) is 0.297. The van der Waals surface area contributed by atoms with Gasteiger partial charge >= 0.3 is 6.18 Å². The molecule has 82 valence electrons. The zero-order valence-electron chi connectivity index (χ0n) is 8.14. The summed E-state index contributed by atoms with van der Waals surface area (Å²) in [6.45, 7) is 0.309. The predicted molar refractivity (Wildman–Crippen MR) is 51.3 cm³/mol. The third kappa shape index (κ3) is 2.15. The van der Waals surface area contributed by atoms with Gasteiger partial charge in [0.05, 0.1) is 5.56 Å². The summed E-state index contributed by atoms with van der Waals surface area (Å²) in [4.78, 5) is 0. The summed E-state index contributed by atoms with van der Waals surface area (Å²) in [6.07, 6.45) is -2.29. The van der Waals surface area contributed by atoms with Crippen LogP contribution in [0.1, 0.15) is 35.4 Å². The van der Waals surface area contributed by atoms with Crippen molar-refractivity contribution in [2.24, 2.45) is 5.73 Å². The first kappa shape index (κ1) is 10.5. The zero-order chi connectivity index (χ0) is 11.1. The molecule has 0 aromatic heterocycles. The first-order valence-corrected chi connectivity index (χ1v) is 4.92. The first-order chi connectivity index (χ1) is 7.02. The van der Waals surface area contributed by atoms with Gasteiger partial charge in [0.2, 0.25) is 0 Å². The molecule has 4 heteroatoms. The smallest absolute Gasteiger partial charge is 0.326 e. The van der Waals surface area contributed by atoms with Crippen molar-refractivity contribution in [2.45, 2.75) is 31.5 Å². The second-order valence-corrected chi connectivity index (χ2v) is 3.89. The summed E-state index contributed by atoms with van der Waals surface area (Å²) >= 11 is 0. The molecule has 0 amide bonds. The molecule has 0 unspecified atom stereocenters. The lowest BCUT2D eigenvalue weighted by atomic mass is 10.00. The van der Waals surface area contributed by atoms with E-state index in [1.807, 2.05) is 0 Å². The van der Waals surface area contributed by atoms with Gasteiger partial charge in [-0.15, -0.1) is 0 Å². The summed E-state index contributed by atoms with van der Waals surface area (Å²) in [5, 5.41) is 0. The lowest BCUT2D eigenvalue weighted by molar-refractivity contribution is -0.137. The maximum absolute atomic E-state index is 12.5. The second-order valence-electron chi connectivity index (χ2n) is 3.89. The van der Waals surface area contributed by atoms with Crippen LogP contribution in [0, 0.1) is 0 Å². The number of hydrogen-bond acceptors (Lipinski definition) is 1. The summed E-state index contributed by atoms with van der Waals surface area (Å²) < 4.78 is 37.4. The van der Waals surface area contributed by atoms with Crippen molar-refractivity contribution in [1.29, 1.82) is 0 Å². The van der Waals surface area contributed by atoms with E-state index < -0.39 is 11.7 Å². The first-order valence-electron chi connectivity index (χ1n) is 4.92. The Labute approximate surface area is 86.1 Å². The zero-order valence-corrected chi connectivity index (χ0v) is 8.14. The van der Waals surface area contributed by atoms with E-state index in [0.717, 1.165) is 30.0 Å². The molecule has 0 atom stereocenters. The molecule has 1 nitrogen and oxygen atoms in total. The van der Waals surface area contributed by atoms with Gasteiger partial charge in [0.25, 0.3) is 0 Å². The van der Waals surface area contributed by atoms with Crippen molar-refractivity contribution >= 4 is 0 Å². The third-order valence-electron chi connectivity index (χ3n) is 2.71. The average molecular weight is 215 g/mol. The molecule has 1 aliphatic rings. The quantitative estimate of drug-likeness (QED) is 0.806. The highest BCUT2D eigenvalue weighted by Gasteiger charge is 2.33. The van der Waals surface area contributed by atoms with Crippen LogP contribution in [0.4, 0.5) is 13.2 Å². The number of halogens is 3. The third-order valence-corrected chi connectivity index (χ3v) is 2.71. The van der Waals surface area contributed by atoms with Crippen LogP contribution in [0.2, 0.25) is 0 Å². The highest BCUT2D eigenvalue weighted by molar-refractivity contribution is 5.38. The predicted octanol–water partition coefficient (Wildman–Crippen LogP) is 3.04. The molecular weight excluding hydrogens is 203 g/mol. The van der Waals surface area contributed by atoms with Gasteiger partial charge in [-0.3, -0.25) is 0 Å². The summed E-state index contributed by atoms with van der Waals surface area (Å²) in [7, 11) is 0. The van der Waals surface area contributed by atoms with Gasteiger partial charge in [0, 0.05) is 6.54 Å². The van der Waals surface area contributed by atoms with E-state index in [4.69, 9.17) is 5.73 Å². The maximum Gasteiger partial charge on any atom is 0.416 e. The van der Waals surface area contributed by atoms with Crippen molar-refractivity contribution < 1.29 is 13.2 Å². The molecule has 1 aliphatic carbocycles. The van der Waals surface area contributed by atoms with E-state index in [0.29, 0.717) is 12.5 Å². The van der Waals surface area contributed by atoms with E-state index in [9.17, 15) is 13.2 Å².